The van der Waals surface area contributed by atoms with Crippen molar-refractivity contribution in [3.63, 3.8) is 0 Å². The van der Waals surface area contributed by atoms with E-state index in [1.54, 1.807) is 31.2 Å². The summed E-state index contributed by atoms with van der Waals surface area (Å²) in [5.74, 6) is -0.260. The normalized spacial score (nSPS) is 13.1. The van der Waals surface area contributed by atoms with Crippen LogP contribution in [0, 0.1) is 12.7 Å². The van der Waals surface area contributed by atoms with Crippen LogP contribution in [0.5, 0.6) is 11.5 Å². The van der Waals surface area contributed by atoms with E-state index in [1.807, 2.05) is 0 Å². The Morgan fingerprint density at radius 1 is 1.18 bits per heavy atom. The molecule has 0 spiro atoms. The lowest BCUT2D eigenvalue weighted by atomic mass is 10.1. The van der Waals surface area contributed by atoms with Crippen LogP contribution in [0.3, 0.4) is 0 Å². The third kappa shape index (κ3) is 4.68. The minimum atomic E-state index is -2.36. The van der Waals surface area contributed by atoms with E-state index in [0.717, 1.165) is 0 Å². The van der Waals surface area contributed by atoms with Crippen LogP contribution in [-0.4, -0.2) is 19.2 Å². The standard InChI is InChI=1S/C20H15ClFNO4S/c1-12-9-14(22)6-8-18(12)27-19-7-5-13(21)10-17(19)20(24)23-15-3-2-4-16(11-15)28(25)26/h2-10H,11H2,1H3,(H,23,24). The Labute approximate surface area is 167 Å². The highest BCUT2D eigenvalue weighted by Gasteiger charge is 2.17. The Bertz CT molecular complexity index is 1140. The van der Waals surface area contributed by atoms with Crippen molar-refractivity contribution in [3.05, 3.63) is 82.3 Å². The van der Waals surface area contributed by atoms with Gasteiger partial charge in [-0.3, -0.25) is 4.79 Å². The Morgan fingerprint density at radius 2 is 1.93 bits per heavy atom. The van der Waals surface area contributed by atoms with Gasteiger partial charge in [-0.1, -0.05) is 17.7 Å². The van der Waals surface area contributed by atoms with E-state index in [-0.39, 0.29) is 28.4 Å². The van der Waals surface area contributed by atoms with Crippen LogP contribution in [0.1, 0.15) is 22.3 Å². The number of amides is 1. The van der Waals surface area contributed by atoms with E-state index in [4.69, 9.17) is 16.3 Å². The predicted molar refractivity (Wildman–Crippen MR) is 106 cm³/mol. The molecule has 5 nitrogen and oxygen atoms in total. The molecule has 1 N–H and O–H groups in total. The van der Waals surface area contributed by atoms with Crippen molar-refractivity contribution in [1.29, 1.82) is 0 Å². The van der Waals surface area contributed by atoms with Gasteiger partial charge < -0.3 is 10.1 Å². The van der Waals surface area contributed by atoms with Gasteiger partial charge in [0.25, 0.3) is 5.91 Å². The van der Waals surface area contributed by atoms with Crippen molar-refractivity contribution in [2.45, 2.75) is 13.3 Å². The van der Waals surface area contributed by atoms with Gasteiger partial charge in [0.05, 0.1) is 10.4 Å². The highest BCUT2D eigenvalue weighted by Crippen LogP contribution is 2.30. The number of halogens is 2. The Morgan fingerprint density at radius 3 is 2.64 bits per heavy atom. The van der Waals surface area contributed by atoms with Crippen molar-refractivity contribution < 1.29 is 22.3 Å². The number of carbonyl (C=O) groups excluding carboxylic acids is 1. The first kappa shape index (κ1) is 19.9. The minimum Gasteiger partial charge on any atom is -0.456 e. The summed E-state index contributed by atoms with van der Waals surface area (Å²) in [6, 6.07) is 8.62. The monoisotopic (exact) mass is 419 g/mol. The molecule has 2 aromatic rings. The average molecular weight is 420 g/mol. The fourth-order valence-corrected chi connectivity index (χ4v) is 3.24. The topological polar surface area (TPSA) is 72.5 Å². The van der Waals surface area contributed by atoms with Gasteiger partial charge in [0.2, 0.25) is 10.3 Å². The maximum Gasteiger partial charge on any atom is 0.259 e. The fourth-order valence-electron chi connectivity index (χ4n) is 2.61. The average Bonchev–Trinajstić information content (AvgIpc) is 2.65. The molecule has 0 aliphatic heterocycles. The van der Waals surface area contributed by atoms with Crippen LogP contribution >= 0.6 is 11.6 Å². The summed E-state index contributed by atoms with van der Waals surface area (Å²) in [5.41, 5.74) is 1.16. The van der Waals surface area contributed by atoms with Gasteiger partial charge >= 0.3 is 0 Å². The first-order valence-corrected chi connectivity index (χ1v) is 9.66. The van der Waals surface area contributed by atoms with Crippen LogP contribution in [0.4, 0.5) is 4.39 Å². The molecular weight excluding hydrogens is 405 g/mol. The molecule has 1 aliphatic rings. The summed E-state index contributed by atoms with van der Waals surface area (Å²) in [5, 5.41) is 3.01. The second kappa shape index (κ2) is 8.41. The maximum atomic E-state index is 13.3. The molecule has 1 aliphatic carbocycles. The first-order valence-electron chi connectivity index (χ1n) is 8.20. The summed E-state index contributed by atoms with van der Waals surface area (Å²) in [6.45, 7) is 1.69. The molecule has 0 saturated heterocycles. The number of allylic oxidation sites excluding steroid dienone is 4. The smallest absolute Gasteiger partial charge is 0.259 e. The van der Waals surface area contributed by atoms with Crippen molar-refractivity contribution in [2.24, 2.45) is 0 Å². The highest BCUT2D eigenvalue weighted by atomic mass is 35.5. The molecule has 2 aromatic carbocycles. The first-order chi connectivity index (χ1) is 13.3. The molecule has 8 heteroatoms. The molecule has 0 heterocycles. The summed E-state index contributed by atoms with van der Waals surface area (Å²) in [7, 11) is -2.36. The number of benzene rings is 2. The number of nitrogens with one attached hydrogen (secondary N) is 1. The minimum absolute atomic E-state index is 0.0756. The Balaban J connectivity index is 1.88. The lowest BCUT2D eigenvalue weighted by Gasteiger charge is -2.15. The molecule has 0 saturated carbocycles. The van der Waals surface area contributed by atoms with Gasteiger partial charge in [-0.15, -0.1) is 0 Å². The molecule has 1 amide bonds. The van der Waals surface area contributed by atoms with E-state index in [1.165, 1.54) is 30.3 Å². The summed E-state index contributed by atoms with van der Waals surface area (Å²) < 4.78 is 41.3. The zero-order valence-corrected chi connectivity index (χ0v) is 16.3. The van der Waals surface area contributed by atoms with Crippen molar-refractivity contribution in [3.8, 4) is 11.5 Å². The SMILES string of the molecule is Cc1cc(F)ccc1Oc1ccc(Cl)cc1C(=O)NC1=CC=CC(=S(=O)=O)C1. The van der Waals surface area contributed by atoms with E-state index in [2.05, 4.69) is 5.32 Å². The van der Waals surface area contributed by atoms with Gasteiger partial charge in [-0.05, 0) is 61.0 Å². The van der Waals surface area contributed by atoms with E-state index < -0.39 is 16.2 Å². The maximum absolute atomic E-state index is 13.3. The number of carbonyl (C=O) groups is 1. The van der Waals surface area contributed by atoms with Crippen LogP contribution in [0.15, 0.2) is 60.3 Å². The van der Waals surface area contributed by atoms with Crippen LogP contribution in [-0.2, 0) is 10.3 Å². The molecule has 144 valence electrons. The van der Waals surface area contributed by atoms with Crippen molar-refractivity contribution in [2.75, 3.05) is 0 Å². The third-order valence-corrected chi connectivity index (χ3v) is 4.92. The quantitative estimate of drug-likeness (QED) is 0.753. The van der Waals surface area contributed by atoms with E-state index in [9.17, 15) is 17.6 Å². The lowest BCUT2D eigenvalue weighted by molar-refractivity contribution is 0.0963. The summed E-state index contributed by atoms with van der Waals surface area (Å²) in [4.78, 5) is 12.9. The second-order valence-corrected chi connectivity index (χ2v) is 7.47. The lowest BCUT2D eigenvalue weighted by Crippen LogP contribution is -2.25. The van der Waals surface area contributed by atoms with Crippen molar-refractivity contribution in [1.82, 2.24) is 5.32 Å². The van der Waals surface area contributed by atoms with E-state index >= 15 is 0 Å². The van der Waals surface area contributed by atoms with Crippen molar-refractivity contribution >= 4 is 32.7 Å². The number of aryl methyl sites for hydroxylation is 1. The Hall–Kier alpha value is -2.90. The fraction of sp³-hybridized carbons (Fsp3) is 0.100. The molecule has 0 radical (unpaired) electrons. The number of ether oxygens (including phenoxy) is 1. The van der Waals surface area contributed by atoms with E-state index in [0.29, 0.717) is 22.0 Å². The summed E-state index contributed by atoms with van der Waals surface area (Å²) in [6.07, 6.45) is 4.70. The molecule has 0 fully saturated rings. The molecule has 0 bridgehead atoms. The zero-order valence-electron chi connectivity index (χ0n) is 14.7. The van der Waals surface area contributed by atoms with Gasteiger partial charge in [-0.25, -0.2) is 4.39 Å². The highest BCUT2D eigenvalue weighted by molar-refractivity contribution is 7.73. The largest absolute Gasteiger partial charge is 0.456 e. The molecule has 0 aromatic heterocycles. The molecule has 28 heavy (non-hydrogen) atoms. The third-order valence-electron chi connectivity index (χ3n) is 3.98. The number of rotatable bonds is 4. The molecule has 3 rings (SSSR count). The molecule has 0 atom stereocenters. The molecular formula is C20H15ClFNO4S. The van der Waals surface area contributed by atoms with Gasteiger partial charge in [-0.2, -0.15) is 8.42 Å². The summed E-state index contributed by atoms with van der Waals surface area (Å²) >= 11 is 6.03. The van der Waals surface area contributed by atoms with Gasteiger partial charge in [0, 0.05) is 17.1 Å². The zero-order chi connectivity index (χ0) is 20.3. The second-order valence-electron chi connectivity index (χ2n) is 6.04. The van der Waals surface area contributed by atoms with Crippen LogP contribution in [0.2, 0.25) is 5.02 Å². The number of hydrogen-bond donors (Lipinski definition) is 1. The molecule has 0 unspecified atom stereocenters. The number of hydrogen-bond acceptors (Lipinski definition) is 4. The van der Waals surface area contributed by atoms with Crippen LogP contribution < -0.4 is 10.1 Å². The predicted octanol–water partition coefficient (Wildman–Crippen LogP) is 4.20. The van der Waals surface area contributed by atoms with Gasteiger partial charge in [0.15, 0.2) is 0 Å². The Kier molecular flexibility index (Phi) is 5.96. The van der Waals surface area contributed by atoms with Crippen LogP contribution in [0.25, 0.3) is 0 Å². The van der Waals surface area contributed by atoms with Gasteiger partial charge in [0.1, 0.15) is 17.3 Å².